The maximum absolute atomic E-state index is 12.6. The molecule has 1 fully saturated rings. The van der Waals surface area contributed by atoms with Crippen molar-refractivity contribution in [2.45, 2.75) is 19.3 Å². The number of carboxylic acid groups (broad SMARTS) is 1. The molecule has 0 aromatic carbocycles. The zero-order chi connectivity index (χ0) is 9.03. The van der Waals surface area contributed by atoms with Crippen molar-refractivity contribution in [2.75, 3.05) is 19.9 Å². The summed E-state index contributed by atoms with van der Waals surface area (Å²) in [5.74, 6) is -0.922. The zero-order valence-corrected chi connectivity index (χ0v) is 6.88. The zero-order valence-electron chi connectivity index (χ0n) is 6.88. The molecule has 0 saturated carbocycles. The standard InChI is InChI=1S/C8H13FO3/c9-6-8(5-7(10)11)1-3-12-4-2-8/h1-6H2,(H,10,11). The normalized spacial score (nSPS) is 22.1. The van der Waals surface area contributed by atoms with Gasteiger partial charge in [-0.3, -0.25) is 9.18 Å². The van der Waals surface area contributed by atoms with Gasteiger partial charge in [0, 0.05) is 18.6 Å². The van der Waals surface area contributed by atoms with Crippen LogP contribution in [-0.4, -0.2) is 31.0 Å². The highest BCUT2D eigenvalue weighted by Crippen LogP contribution is 2.34. The molecule has 1 saturated heterocycles. The number of alkyl halides is 1. The van der Waals surface area contributed by atoms with E-state index in [1.165, 1.54) is 0 Å². The van der Waals surface area contributed by atoms with Crippen LogP contribution in [0.4, 0.5) is 4.39 Å². The van der Waals surface area contributed by atoms with Crippen molar-refractivity contribution in [3.63, 3.8) is 0 Å². The Bertz CT molecular complexity index is 164. The van der Waals surface area contributed by atoms with E-state index in [1.807, 2.05) is 0 Å². The Kier molecular flexibility index (Phi) is 3.03. The van der Waals surface area contributed by atoms with Crippen LogP contribution >= 0.6 is 0 Å². The van der Waals surface area contributed by atoms with E-state index in [9.17, 15) is 9.18 Å². The smallest absolute Gasteiger partial charge is 0.304 e. The first-order valence-electron chi connectivity index (χ1n) is 4.04. The molecule has 0 aromatic rings. The van der Waals surface area contributed by atoms with Gasteiger partial charge in [0.15, 0.2) is 0 Å². The van der Waals surface area contributed by atoms with E-state index in [0.717, 1.165) is 0 Å². The first-order valence-corrected chi connectivity index (χ1v) is 4.04. The van der Waals surface area contributed by atoms with E-state index in [-0.39, 0.29) is 6.42 Å². The molecule has 0 aliphatic carbocycles. The molecular weight excluding hydrogens is 163 g/mol. The molecule has 70 valence electrons. The summed E-state index contributed by atoms with van der Waals surface area (Å²) >= 11 is 0. The van der Waals surface area contributed by atoms with E-state index in [1.54, 1.807) is 0 Å². The number of rotatable bonds is 3. The van der Waals surface area contributed by atoms with Crippen molar-refractivity contribution < 1.29 is 19.0 Å². The van der Waals surface area contributed by atoms with E-state index in [2.05, 4.69) is 0 Å². The average Bonchev–Trinajstić information content (AvgIpc) is 2.05. The predicted octanol–water partition coefficient (Wildman–Crippen LogP) is 1.23. The highest BCUT2D eigenvalue weighted by atomic mass is 19.1. The van der Waals surface area contributed by atoms with Crippen molar-refractivity contribution in [3.05, 3.63) is 0 Å². The maximum atomic E-state index is 12.6. The summed E-state index contributed by atoms with van der Waals surface area (Å²) in [4.78, 5) is 10.4. The summed E-state index contributed by atoms with van der Waals surface area (Å²) in [6.45, 7) is 0.414. The van der Waals surface area contributed by atoms with E-state index >= 15 is 0 Å². The van der Waals surface area contributed by atoms with Gasteiger partial charge >= 0.3 is 5.97 Å². The van der Waals surface area contributed by atoms with Gasteiger partial charge < -0.3 is 9.84 Å². The molecule has 1 aliphatic rings. The third-order valence-electron chi connectivity index (χ3n) is 2.36. The van der Waals surface area contributed by atoms with E-state index in [0.29, 0.717) is 26.1 Å². The highest BCUT2D eigenvalue weighted by Gasteiger charge is 2.34. The lowest BCUT2D eigenvalue weighted by Gasteiger charge is -2.32. The average molecular weight is 176 g/mol. The fourth-order valence-electron chi connectivity index (χ4n) is 1.48. The van der Waals surface area contributed by atoms with Gasteiger partial charge in [-0.05, 0) is 12.8 Å². The van der Waals surface area contributed by atoms with Gasteiger partial charge in [-0.1, -0.05) is 0 Å². The van der Waals surface area contributed by atoms with Crippen LogP contribution in [0.2, 0.25) is 0 Å². The molecule has 1 heterocycles. The third kappa shape index (κ3) is 2.17. The van der Waals surface area contributed by atoms with Crippen LogP contribution in [0.3, 0.4) is 0 Å². The minimum Gasteiger partial charge on any atom is -0.481 e. The van der Waals surface area contributed by atoms with Crippen LogP contribution < -0.4 is 0 Å². The summed E-state index contributed by atoms with van der Waals surface area (Å²) < 4.78 is 17.6. The van der Waals surface area contributed by atoms with Gasteiger partial charge in [0.05, 0.1) is 13.1 Å². The maximum Gasteiger partial charge on any atom is 0.304 e. The second-order valence-corrected chi connectivity index (χ2v) is 3.32. The van der Waals surface area contributed by atoms with Crippen molar-refractivity contribution in [1.29, 1.82) is 0 Å². The lowest BCUT2D eigenvalue weighted by Crippen LogP contribution is -2.33. The van der Waals surface area contributed by atoms with Crippen LogP contribution in [0.5, 0.6) is 0 Å². The minimum absolute atomic E-state index is 0.0765. The molecule has 0 bridgehead atoms. The fraction of sp³-hybridized carbons (Fsp3) is 0.875. The lowest BCUT2D eigenvalue weighted by atomic mass is 9.79. The first-order chi connectivity index (χ1) is 5.68. The summed E-state index contributed by atoms with van der Waals surface area (Å²) in [5.41, 5.74) is -0.649. The monoisotopic (exact) mass is 176 g/mol. The van der Waals surface area contributed by atoms with Crippen LogP contribution in [-0.2, 0) is 9.53 Å². The van der Waals surface area contributed by atoms with Gasteiger partial charge in [-0.15, -0.1) is 0 Å². The quantitative estimate of drug-likeness (QED) is 0.703. The van der Waals surface area contributed by atoms with E-state index in [4.69, 9.17) is 9.84 Å². The third-order valence-corrected chi connectivity index (χ3v) is 2.36. The van der Waals surface area contributed by atoms with Crippen LogP contribution in [0.1, 0.15) is 19.3 Å². The topological polar surface area (TPSA) is 46.5 Å². The Balaban J connectivity index is 2.53. The molecular formula is C8H13FO3. The lowest BCUT2D eigenvalue weighted by molar-refractivity contribution is -0.142. The van der Waals surface area contributed by atoms with Gasteiger partial charge in [0.2, 0.25) is 0 Å². The molecule has 0 aromatic heterocycles. The number of hydrogen-bond acceptors (Lipinski definition) is 2. The molecule has 3 nitrogen and oxygen atoms in total. The summed E-state index contributed by atoms with van der Waals surface area (Å²) in [7, 11) is 0. The second kappa shape index (κ2) is 3.85. The largest absolute Gasteiger partial charge is 0.481 e. The molecule has 1 rings (SSSR count). The first kappa shape index (κ1) is 9.45. The number of aliphatic carboxylic acids is 1. The molecule has 1 N–H and O–H groups in total. The molecule has 0 unspecified atom stereocenters. The van der Waals surface area contributed by atoms with Crippen molar-refractivity contribution in [1.82, 2.24) is 0 Å². The minimum atomic E-state index is -0.922. The number of ether oxygens (including phenoxy) is 1. The van der Waals surface area contributed by atoms with Crippen molar-refractivity contribution in [2.24, 2.45) is 5.41 Å². The molecule has 0 atom stereocenters. The Labute approximate surface area is 70.5 Å². The fourth-order valence-corrected chi connectivity index (χ4v) is 1.48. The number of carbonyl (C=O) groups is 1. The molecule has 0 radical (unpaired) electrons. The van der Waals surface area contributed by atoms with Gasteiger partial charge in [0.25, 0.3) is 0 Å². The van der Waals surface area contributed by atoms with Crippen LogP contribution in [0.25, 0.3) is 0 Å². The Morgan fingerprint density at radius 2 is 2.08 bits per heavy atom. The Hall–Kier alpha value is -0.640. The molecule has 0 spiro atoms. The van der Waals surface area contributed by atoms with Gasteiger partial charge in [0.1, 0.15) is 0 Å². The van der Waals surface area contributed by atoms with Crippen LogP contribution in [0, 0.1) is 5.41 Å². The summed E-state index contributed by atoms with van der Waals surface area (Å²) in [5, 5.41) is 8.55. The van der Waals surface area contributed by atoms with Crippen LogP contribution in [0.15, 0.2) is 0 Å². The van der Waals surface area contributed by atoms with Gasteiger partial charge in [-0.25, -0.2) is 0 Å². The van der Waals surface area contributed by atoms with E-state index < -0.39 is 18.1 Å². The number of carboxylic acids is 1. The van der Waals surface area contributed by atoms with Crippen molar-refractivity contribution in [3.8, 4) is 0 Å². The number of halogens is 1. The second-order valence-electron chi connectivity index (χ2n) is 3.32. The summed E-state index contributed by atoms with van der Waals surface area (Å²) in [6, 6.07) is 0. The molecule has 0 amide bonds. The Morgan fingerprint density at radius 1 is 1.50 bits per heavy atom. The molecule has 4 heteroatoms. The summed E-state index contributed by atoms with van der Waals surface area (Å²) in [6.07, 6.45) is 0.971. The molecule has 1 aliphatic heterocycles. The Morgan fingerprint density at radius 3 is 2.50 bits per heavy atom. The van der Waals surface area contributed by atoms with Crippen molar-refractivity contribution >= 4 is 5.97 Å². The predicted molar refractivity (Wildman–Crippen MR) is 40.7 cm³/mol. The number of hydrogen-bond donors (Lipinski definition) is 1. The molecule has 12 heavy (non-hydrogen) atoms. The highest BCUT2D eigenvalue weighted by molar-refractivity contribution is 5.67. The SMILES string of the molecule is O=C(O)CC1(CF)CCOCC1. The van der Waals surface area contributed by atoms with Gasteiger partial charge in [-0.2, -0.15) is 0 Å².